The Kier molecular flexibility index (Phi) is 4.29. The van der Waals surface area contributed by atoms with Crippen molar-refractivity contribution in [3.8, 4) is 0 Å². The summed E-state index contributed by atoms with van der Waals surface area (Å²) in [5.41, 5.74) is 1.90. The van der Waals surface area contributed by atoms with Gasteiger partial charge in [0.1, 0.15) is 23.2 Å². The number of urea groups is 1. The number of fused-ring (bicyclic) bond motifs is 3. The third-order valence-electron chi connectivity index (χ3n) is 5.44. The van der Waals surface area contributed by atoms with Gasteiger partial charge in [0.05, 0.1) is 6.33 Å². The van der Waals surface area contributed by atoms with Gasteiger partial charge in [0.15, 0.2) is 0 Å². The predicted octanol–water partition coefficient (Wildman–Crippen LogP) is 1.64. The second-order valence-electron chi connectivity index (χ2n) is 7.55. The fraction of sp³-hybridized carbons (Fsp3) is 0.136. The standard InChI is InChI=1S/C22H17N5O5/c1-22(13-7-3-2-4-8-13)20(30)27(21(31)24-22)25-16(28)11-26-12-23-17-14-9-5-6-10-15(14)32-18(17)19(26)29/h2-10,12H,11H2,1H3,(H,24,31)(H,25,28)/t22-/m0/s1. The number of hydrogen-bond acceptors (Lipinski definition) is 6. The molecular formula is C22H17N5O5. The number of nitrogens with one attached hydrogen (secondary N) is 2. The lowest BCUT2D eigenvalue weighted by Gasteiger charge is -2.22. The highest BCUT2D eigenvalue weighted by molar-refractivity contribution is 6.08. The largest absolute Gasteiger partial charge is 0.448 e. The molecule has 1 atom stereocenters. The highest BCUT2D eigenvalue weighted by Crippen LogP contribution is 2.27. The fourth-order valence-electron chi connectivity index (χ4n) is 3.75. The lowest BCUT2D eigenvalue weighted by molar-refractivity contribution is -0.139. The monoisotopic (exact) mass is 431 g/mol. The smallest absolute Gasteiger partial charge is 0.344 e. The van der Waals surface area contributed by atoms with E-state index in [4.69, 9.17) is 4.42 Å². The van der Waals surface area contributed by atoms with E-state index >= 15 is 0 Å². The van der Waals surface area contributed by atoms with Gasteiger partial charge in [-0.15, -0.1) is 0 Å². The van der Waals surface area contributed by atoms with Gasteiger partial charge in [-0.3, -0.25) is 24.4 Å². The van der Waals surface area contributed by atoms with E-state index in [-0.39, 0.29) is 5.58 Å². The summed E-state index contributed by atoms with van der Waals surface area (Å²) in [6, 6.07) is 15.0. The Hall–Kier alpha value is -4.47. The van der Waals surface area contributed by atoms with Crippen LogP contribution in [0.1, 0.15) is 12.5 Å². The number of nitrogens with zero attached hydrogens (tertiary/aromatic N) is 3. The van der Waals surface area contributed by atoms with Crippen molar-refractivity contribution in [3.63, 3.8) is 0 Å². The average Bonchev–Trinajstić information content (AvgIpc) is 3.28. The topological polar surface area (TPSA) is 127 Å². The lowest BCUT2D eigenvalue weighted by Crippen LogP contribution is -2.49. The van der Waals surface area contributed by atoms with Crippen LogP contribution in [0.25, 0.3) is 22.1 Å². The van der Waals surface area contributed by atoms with Crippen LogP contribution < -0.4 is 16.3 Å². The molecule has 0 unspecified atom stereocenters. The van der Waals surface area contributed by atoms with Crippen molar-refractivity contribution in [3.05, 3.63) is 76.8 Å². The first kappa shape index (κ1) is 19.5. The molecule has 32 heavy (non-hydrogen) atoms. The zero-order chi connectivity index (χ0) is 22.5. The number of hydrazine groups is 1. The molecule has 1 aliphatic heterocycles. The van der Waals surface area contributed by atoms with Crippen LogP contribution in [-0.2, 0) is 21.7 Å². The van der Waals surface area contributed by atoms with Crippen LogP contribution in [0.4, 0.5) is 4.79 Å². The van der Waals surface area contributed by atoms with Crippen molar-refractivity contribution >= 4 is 39.9 Å². The molecule has 0 spiro atoms. The molecule has 1 aliphatic rings. The minimum Gasteiger partial charge on any atom is -0.448 e. The maximum absolute atomic E-state index is 12.9. The van der Waals surface area contributed by atoms with Gasteiger partial charge in [0, 0.05) is 5.39 Å². The molecule has 0 radical (unpaired) electrons. The molecule has 2 aromatic carbocycles. The van der Waals surface area contributed by atoms with Crippen molar-refractivity contribution in [1.29, 1.82) is 0 Å². The van der Waals surface area contributed by atoms with Gasteiger partial charge in [0.2, 0.25) is 5.58 Å². The number of hydrogen-bond donors (Lipinski definition) is 2. The van der Waals surface area contributed by atoms with E-state index < -0.39 is 35.5 Å². The zero-order valence-electron chi connectivity index (χ0n) is 16.9. The van der Waals surface area contributed by atoms with Gasteiger partial charge in [0.25, 0.3) is 17.4 Å². The Bertz CT molecular complexity index is 1460. The number of benzene rings is 2. The lowest BCUT2D eigenvalue weighted by atomic mass is 9.92. The normalized spacial score (nSPS) is 18.3. The molecule has 2 aromatic heterocycles. The molecule has 3 heterocycles. The number of carbonyl (C=O) groups is 3. The molecule has 1 fully saturated rings. The highest BCUT2D eigenvalue weighted by atomic mass is 16.3. The van der Waals surface area contributed by atoms with Gasteiger partial charge in [-0.2, -0.15) is 5.01 Å². The first-order chi connectivity index (χ1) is 15.4. The summed E-state index contributed by atoms with van der Waals surface area (Å²) in [6.45, 7) is 1.09. The van der Waals surface area contributed by atoms with E-state index in [2.05, 4.69) is 15.7 Å². The molecule has 4 amide bonds. The average molecular weight is 431 g/mol. The summed E-state index contributed by atoms with van der Waals surface area (Å²) < 4.78 is 6.64. The first-order valence-electron chi connectivity index (χ1n) is 9.77. The number of para-hydroxylation sites is 1. The van der Waals surface area contributed by atoms with Crippen molar-refractivity contribution in [2.45, 2.75) is 19.0 Å². The van der Waals surface area contributed by atoms with Gasteiger partial charge in [-0.1, -0.05) is 42.5 Å². The van der Waals surface area contributed by atoms with Crippen molar-refractivity contribution in [1.82, 2.24) is 25.3 Å². The number of furan rings is 1. The number of imide groups is 1. The molecule has 160 valence electrons. The summed E-state index contributed by atoms with van der Waals surface area (Å²) in [5, 5.41) is 3.90. The van der Waals surface area contributed by atoms with Crippen LogP contribution in [0.3, 0.4) is 0 Å². The van der Waals surface area contributed by atoms with Crippen LogP contribution in [0.15, 0.2) is 70.1 Å². The molecule has 4 aromatic rings. The Morgan fingerprint density at radius 2 is 1.81 bits per heavy atom. The van der Waals surface area contributed by atoms with Crippen LogP contribution in [0.2, 0.25) is 0 Å². The molecule has 0 saturated carbocycles. The number of aromatic nitrogens is 2. The van der Waals surface area contributed by atoms with Gasteiger partial charge >= 0.3 is 6.03 Å². The number of rotatable bonds is 4. The fourth-order valence-corrected chi connectivity index (χ4v) is 3.75. The van der Waals surface area contributed by atoms with Gasteiger partial charge < -0.3 is 9.73 Å². The zero-order valence-corrected chi connectivity index (χ0v) is 16.9. The second kappa shape index (κ2) is 7.05. The molecule has 10 heteroatoms. The van der Waals surface area contributed by atoms with Crippen LogP contribution in [0.5, 0.6) is 0 Å². The Balaban J connectivity index is 1.38. The minimum absolute atomic E-state index is 0.0214. The van der Waals surface area contributed by atoms with Crippen LogP contribution in [0, 0.1) is 0 Å². The molecule has 10 nitrogen and oxygen atoms in total. The van der Waals surface area contributed by atoms with Crippen LogP contribution in [-0.4, -0.2) is 32.4 Å². The molecule has 0 bridgehead atoms. The van der Waals surface area contributed by atoms with E-state index in [1.807, 2.05) is 0 Å². The molecular weight excluding hydrogens is 414 g/mol. The number of carbonyl (C=O) groups excluding carboxylic acids is 3. The molecule has 5 rings (SSSR count). The Morgan fingerprint density at radius 1 is 1.09 bits per heavy atom. The van der Waals surface area contributed by atoms with Crippen molar-refractivity contribution < 1.29 is 18.8 Å². The maximum atomic E-state index is 12.9. The third-order valence-corrected chi connectivity index (χ3v) is 5.44. The van der Waals surface area contributed by atoms with Gasteiger partial charge in [-0.25, -0.2) is 9.78 Å². The number of amides is 4. The summed E-state index contributed by atoms with van der Waals surface area (Å²) in [4.78, 5) is 54.9. The Morgan fingerprint density at radius 3 is 2.59 bits per heavy atom. The minimum atomic E-state index is -1.32. The summed E-state index contributed by atoms with van der Waals surface area (Å²) in [5.74, 6) is -1.38. The third kappa shape index (κ3) is 2.92. The van der Waals surface area contributed by atoms with Crippen molar-refractivity contribution in [2.75, 3.05) is 0 Å². The van der Waals surface area contributed by atoms with E-state index in [0.29, 0.717) is 27.1 Å². The van der Waals surface area contributed by atoms with E-state index in [9.17, 15) is 19.2 Å². The molecule has 0 aliphatic carbocycles. The van der Waals surface area contributed by atoms with Crippen molar-refractivity contribution in [2.24, 2.45) is 0 Å². The van der Waals surface area contributed by atoms with Crippen LogP contribution >= 0.6 is 0 Å². The first-order valence-corrected chi connectivity index (χ1v) is 9.77. The van der Waals surface area contributed by atoms with E-state index in [1.165, 1.54) is 6.33 Å². The summed E-state index contributed by atoms with van der Waals surface area (Å²) in [7, 11) is 0. The predicted molar refractivity (Wildman–Crippen MR) is 113 cm³/mol. The Labute approximate surface area is 180 Å². The quantitative estimate of drug-likeness (QED) is 0.473. The summed E-state index contributed by atoms with van der Waals surface area (Å²) in [6.07, 6.45) is 1.23. The maximum Gasteiger partial charge on any atom is 0.344 e. The van der Waals surface area contributed by atoms with E-state index in [1.54, 1.807) is 61.5 Å². The molecule has 1 saturated heterocycles. The SMILES string of the molecule is C[C@@]1(c2ccccc2)NC(=O)N(NC(=O)Cn2cnc3c(oc4ccccc43)c2=O)C1=O. The van der Waals surface area contributed by atoms with Gasteiger partial charge in [-0.05, 0) is 24.6 Å². The second-order valence-corrected chi connectivity index (χ2v) is 7.55. The van der Waals surface area contributed by atoms with E-state index in [0.717, 1.165) is 4.57 Å². The molecule has 2 N–H and O–H groups in total. The summed E-state index contributed by atoms with van der Waals surface area (Å²) >= 11 is 0. The highest BCUT2D eigenvalue weighted by Gasteiger charge is 2.49.